The molecule has 3 rings (SSSR count). The van der Waals surface area contributed by atoms with E-state index < -0.39 is 21.5 Å². The van der Waals surface area contributed by atoms with Crippen LogP contribution in [0.4, 0.5) is 0 Å². The number of fused-ring (bicyclic) bond motifs is 1. The summed E-state index contributed by atoms with van der Waals surface area (Å²) in [5.41, 5.74) is 5.69. The Labute approximate surface area is 157 Å². The van der Waals surface area contributed by atoms with Crippen molar-refractivity contribution in [1.82, 2.24) is 9.47 Å². The van der Waals surface area contributed by atoms with Crippen molar-refractivity contribution in [3.63, 3.8) is 0 Å². The number of carbonyl (C=O) groups is 2. The van der Waals surface area contributed by atoms with Gasteiger partial charge in [-0.2, -0.15) is 0 Å². The zero-order chi connectivity index (χ0) is 19.8. The molecule has 2 N–H and O–H groups in total. The van der Waals surface area contributed by atoms with Crippen LogP contribution in [0.15, 0.2) is 35.4 Å². The first-order valence-corrected chi connectivity index (χ1v) is 10.3. The van der Waals surface area contributed by atoms with Gasteiger partial charge in [0.25, 0.3) is 0 Å². The van der Waals surface area contributed by atoms with E-state index >= 15 is 0 Å². The minimum atomic E-state index is -3.88. The molecule has 1 aromatic heterocycles. The number of para-hydroxylation sites is 1. The predicted molar refractivity (Wildman–Crippen MR) is 99.8 cm³/mol. The average molecular weight is 393 g/mol. The third-order valence-electron chi connectivity index (χ3n) is 4.50. The number of hydrogen-bond donors (Lipinski definition) is 1. The number of ether oxygens (including phenoxy) is 1. The van der Waals surface area contributed by atoms with Gasteiger partial charge in [-0.15, -0.1) is 0 Å². The molecule has 1 aliphatic heterocycles. The summed E-state index contributed by atoms with van der Waals surface area (Å²) in [7, 11) is -3.88. The fourth-order valence-corrected chi connectivity index (χ4v) is 4.81. The first kappa shape index (κ1) is 19.4. The molecule has 1 aliphatic rings. The Kier molecular flexibility index (Phi) is 5.25. The number of rotatable bonds is 5. The van der Waals surface area contributed by atoms with Gasteiger partial charge in [0, 0.05) is 30.2 Å². The molecule has 1 fully saturated rings. The molecule has 27 heavy (non-hydrogen) atoms. The van der Waals surface area contributed by atoms with Crippen LogP contribution in [0, 0.1) is 0 Å². The second-order valence-corrected chi connectivity index (χ2v) is 8.88. The normalized spacial score (nSPS) is 20.7. The van der Waals surface area contributed by atoms with E-state index in [-0.39, 0.29) is 29.6 Å². The number of benzene rings is 1. The van der Waals surface area contributed by atoms with E-state index in [0.29, 0.717) is 24.0 Å². The van der Waals surface area contributed by atoms with E-state index in [1.54, 1.807) is 33.7 Å². The van der Waals surface area contributed by atoms with E-state index in [1.165, 1.54) is 6.20 Å². The number of aromatic nitrogens is 1. The number of primary amides is 1. The summed E-state index contributed by atoms with van der Waals surface area (Å²) in [5.74, 6) is -1.80. The zero-order valence-corrected chi connectivity index (χ0v) is 16.1. The minimum absolute atomic E-state index is 0.00600. The van der Waals surface area contributed by atoms with Crippen LogP contribution in [-0.2, 0) is 30.7 Å². The minimum Gasteiger partial charge on any atom is -0.372 e. The molecule has 2 atom stereocenters. The highest BCUT2D eigenvalue weighted by Gasteiger charge is 2.28. The number of sulfone groups is 1. The number of amides is 2. The lowest BCUT2D eigenvalue weighted by Crippen LogP contribution is -2.49. The molecule has 2 amide bonds. The van der Waals surface area contributed by atoms with Gasteiger partial charge in [0.05, 0.1) is 17.1 Å². The van der Waals surface area contributed by atoms with Crippen LogP contribution < -0.4 is 5.73 Å². The van der Waals surface area contributed by atoms with Gasteiger partial charge < -0.3 is 19.9 Å². The van der Waals surface area contributed by atoms with Crippen LogP contribution in [0.5, 0.6) is 0 Å². The first-order chi connectivity index (χ1) is 12.7. The molecule has 0 spiro atoms. The second-order valence-electron chi connectivity index (χ2n) is 6.92. The number of nitrogens with zero attached hydrogens (tertiary/aromatic N) is 2. The molecule has 1 saturated heterocycles. The third-order valence-corrected chi connectivity index (χ3v) is 6.16. The Bertz CT molecular complexity index is 972. The number of nitrogens with two attached hydrogens (primary N) is 1. The van der Waals surface area contributed by atoms with Crippen molar-refractivity contribution in [2.24, 2.45) is 5.73 Å². The highest BCUT2D eigenvalue weighted by Crippen LogP contribution is 2.26. The van der Waals surface area contributed by atoms with Crippen molar-refractivity contribution >= 4 is 32.6 Å². The van der Waals surface area contributed by atoms with Gasteiger partial charge in [0.1, 0.15) is 12.3 Å². The van der Waals surface area contributed by atoms with Crippen molar-refractivity contribution in [2.75, 3.05) is 18.8 Å². The van der Waals surface area contributed by atoms with E-state index in [0.717, 1.165) is 0 Å². The summed E-state index contributed by atoms with van der Waals surface area (Å²) < 4.78 is 32.3. The molecule has 0 unspecified atom stereocenters. The Morgan fingerprint density at radius 2 is 1.81 bits per heavy atom. The number of carbonyl (C=O) groups excluding carboxylic acids is 2. The smallest absolute Gasteiger partial charge is 0.242 e. The summed E-state index contributed by atoms with van der Waals surface area (Å²) in [4.78, 5) is 25.6. The Balaban J connectivity index is 1.94. The maximum atomic E-state index is 12.8. The third kappa shape index (κ3) is 4.14. The molecule has 1 aromatic carbocycles. The second kappa shape index (κ2) is 7.32. The molecule has 2 aromatic rings. The quantitative estimate of drug-likeness (QED) is 0.797. The van der Waals surface area contributed by atoms with Crippen LogP contribution in [0.3, 0.4) is 0 Å². The lowest BCUT2D eigenvalue weighted by molar-refractivity contribution is -0.143. The molecular formula is C18H23N3O5S. The highest BCUT2D eigenvalue weighted by molar-refractivity contribution is 7.92. The summed E-state index contributed by atoms with van der Waals surface area (Å²) in [6, 6.07) is 6.88. The van der Waals surface area contributed by atoms with Crippen LogP contribution in [0.2, 0.25) is 0 Å². The maximum Gasteiger partial charge on any atom is 0.242 e. The van der Waals surface area contributed by atoms with Crippen molar-refractivity contribution < 1.29 is 22.7 Å². The first-order valence-electron chi connectivity index (χ1n) is 8.69. The van der Waals surface area contributed by atoms with Gasteiger partial charge in [-0.3, -0.25) is 9.59 Å². The van der Waals surface area contributed by atoms with Gasteiger partial charge in [-0.25, -0.2) is 8.42 Å². The lowest BCUT2D eigenvalue weighted by atomic mass is 10.2. The Morgan fingerprint density at radius 1 is 1.19 bits per heavy atom. The van der Waals surface area contributed by atoms with Gasteiger partial charge in [-0.1, -0.05) is 18.2 Å². The maximum absolute atomic E-state index is 12.8. The van der Waals surface area contributed by atoms with E-state index in [9.17, 15) is 18.0 Å². The van der Waals surface area contributed by atoms with Crippen molar-refractivity contribution in [2.45, 2.75) is 37.5 Å². The number of hydrogen-bond acceptors (Lipinski definition) is 5. The molecule has 0 aliphatic carbocycles. The Morgan fingerprint density at radius 3 is 2.44 bits per heavy atom. The zero-order valence-electron chi connectivity index (χ0n) is 15.3. The van der Waals surface area contributed by atoms with E-state index in [2.05, 4.69) is 0 Å². The van der Waals surface area contributed by atoms with Crippen LogP contribution in [0.1, 0.15) is 13.8 Å². The molecule has 0 bridgehead atoms. The van der Waals surface area contributed by atoms with E-state index in [4.69, 9.17) is 10.5 Å². The van der Waals surface area contributed by atoms with Crippen LogP contribution in [0.25, 0.3) is 10.9 Å². The average Bonchev–Trinajstić information content (AvgIpc) is 2.92. The summed E-state index contributed by atoms with van der Waals surface area (Å²) >= 11 is 0. The molecule has 2 heterocycles. The summed E-state index contributed by atoms with van der Waals surface area (Å²) in [5, 5.41) is 0.468. The number of morpholine rings is 1. The SMILES string of the molecule is C[C@@H]1CN(C(=O)Cn2cc(S(=O)(=O)CC(N)=O)c3ccccc32)C[C@H](C)O1. The van der Waals surface area contributed by atoms with Gasteiger partial charge in [-0.05, 0) is 19.9 Å². The summed E-state index contributed by atoms with van der Waals surface area (Å²) in [6.07, 6.45) is 1.31. The lowest BCUT2D eigenvalue weighted by Gasteiger charge is -2.35. The topological polar surface area (TPSA) is 112 Å². The van der Waals surface area contributed by atoms with Crippen molar-refractivity contribution in [3.05, 3.63) is 30.5 Å². The standard InChI is InChI=1S/C18H23N3O5S/c1-12-7-21(8-13(2)26-12)18(23)10-20-9-16(27(24,25)11-17(19)22)14-5-3-4-6-15(14)20/h3-6,9,12-13H,7-8,10-11H2,1-2H3,(H2,19,22)/t12-,13+. The molecule has 146 valence electrons. The molecule has 0 saturated carbocycles. The molecular weight excluding hydrogens is 370 g/mol. The predicted octanol–water partition coefficient (Wildman–Crippen LogP) is 0.536. The van der Waals surface area contributed by atoms with Crippen LogP contribution >= 0.6 is 0 Å². The van der Waals surface area contributed by atoms with Crippen LogP contribution in [-0.4, -0.2) is 60.7 Å². The van der Waals surface area contributed by atoms with Gasteiger partial charge in [0.15, 0.2) is 9.84 Å². The monoisotopic (exact) mass is 393 g/mol. The van der Waals surface area contributed by atoms with Crippen molar-refractivity contribution in [3.8, 4) is 0 Å². The van der Waals surface area contributed by atoms with Crippen molar-refractivity contribution in [1.29, 1.82) is 0 Å². The molecule has 9 heteroatoms. The molecule has 8 nitrogen and oxygen atoms in total. The fraction of sp³-hybridized carbons (Fsp3) is 0.444. The largest absolute Gasteiger partial charge is 0.372 e. The highest BCUT2D eigenvalue weighted by atomic mass is 32.2. The van der Waals surface area contributed by atoms with E-state index in [1.807, 2.05) is 13.8 Å². The van der Waals surface area contributed by atoms with Gasteiger partial charge in [0.2, 0.25) is 11.8 Å². The Hall–Kier alpha value is -2.39. The molecule has 0 radical (unpaired) electrons. The summed E-state index contributed by atoms with van der Waals surface area (Å²) in [6.45, 7) is 4.82. The fourth-order valence-electron chi connectivity index (χ4n) is 3.48. The van der Waals surface area contributed by atoms with Gasteiger partial charge >= 0.3 is 0 Å².